The summed E-state index contributed by atoms with van der Waals surface area (Å²) >= 11 is 0. The van der Waals surface area contributed by atoms with Crippen molar-refractivity contribution < 1.29 is 15.0 Å². The summed E-state index contributed by atoms with van der Waals surface area (Å²) in [7, 11) is 1.85. The molecule has 1 atom stereocenters. The van der Waals surface area contributed by atoms with E-state index in [1.807, 2.05) is 14.0 Å². The molecular formula is C15H23N3O3. The summed E-state index contributed by atoms with van der Waals surface area (Å²) in [6.07, 6.45) is 4.64. The molecule has 0 aliphatic heterocycles. The Bertz CT molecular complexity index is 515. The number of aliphatic imine (C=N–C) groups is 1. The molecule has 1 unspecified atom stereocenters. The van der Waals surface area contributed by atoms with Gasteiger partial charge in [0.15, 0.2) is 0 Å². The van der Waals surface area contributed by atoms with Crippen LogP contribution in [0.15, 0.2) is 11.2 Å². The minimum Gasteiger partial charge on any atom is -0.505 e. The fourth-order valence-corrected chi connectivity index (χ4v) is 1.94. The first-order valence-corrected chi connectivity index (χ1v) is 7.00. The van der Waals surface area contributed by atoms with Gasteiger partial charge in [-0.1, -0.05) is 0 Å². The highest BCUT2D eigenvalue weighted by Crippen LogP contribution is 2.21. The molecule has 0 aromatic carbocycles. The molecule has 0 radical (unpaired) electrons. The van der Waals surface area contributed by atoms with Crippen LogP contribution in [0.1, 0.15) is 36.1 Å². The first-order valence-electron chi connectivity index (χ1n) is 7.00. The molecule has 3 N–H and O–H groups in total. The van der Waals surface area contributed by atoms with Gasteiger partial charge in [0.25, 0.3) is 0 Å². The highest BCUT2D eigenvalue weighted by Gasteiger charge is 2.11. The van der Waals surface area contributed by atoms with Crippen LogP contribution in [0, 0.1) is 13.8 Å². The first kappa shape index (κ1) is 17.1. The zero-order chi connectivity index (χ0) is 15.8. The smallest absolute Gasteiger partial charge is 0.303 e. The van der Waals surface area contributed by atoms with Crippen LogP contribution in [0.2, 0.25) is 0 Å². The highest BCUT2D eigenvalue weighted by molar-refractivity contribution is 5.85. The number of nitrogens with zero attached hydrogens (tertiary/aromatic N) is 2. The van der Waals surface area contributed by atoms with Gasteiger partial charge in [-0.2, -0.15) is 0 Å². The quantitative estimate of drug-likeness (QED) is 0.634. The number of pyridine rings is 1. The summed E-state index contributed by atoms with van der Waals surface area (Å²) in [4.78, 5) is 19.2. The zero-order valence-corrected chi connectivity index (χ0v) is 12.8. The number of hydrogen-bond acceptors (Lipinski definition) is 5. The maximum Gasteiger partial charge on any atom is 0.303 e. The van der Waals surface area contributed by atoms with Crippen LogP contribution < -0.4 is 5.32 Å². The maximum atomic E-state index is 10.7. The first-order chi connectivity index (χ1) is 9.95. The molecular weight excluding hydrogens is 270 g/mol. The normalized spacial score (nSPS) is 12.7. The van der Waals surface area contributed by atoms with Crippen molar-refractivity contribution in [3.05, 3.63) is 23.0 Å². The molecule has 116 valence electrons. The van der Waals surface area contributed by atoms with Gasteiger partial charge in [-0.3, -0.25) is 14.8 Å². The molecule has 6 nitrogen and oxygen atoms in total. The Balaban J connectivity index is 2.86. The van der Waals surface area contributed by atoms with E-state index in [9.17, 15) is 9.90 Å². The van der Waals surface area contributed by atoms with Crippen LogP contribution in [0.5, 0.6) is 5.75 Å². The summed E-state index contributed by atoms with van der Waals surface area (Å²) < 4.78 is 0. The summed E-state index contributed by atoms with van der Waals surface area (Å²) in [6, 6.07) is -0.0826. The van der Waals surface area contributed by atoms with Gasteiger partial charge in [-0.05, 0) is 45.8 Å². The molecule has 1 aromatic heterocycles. The molecule has 6 heteroatoms. The van der Waals surface area contributed by atoms with Gasteiger partial charge >= 0.3 is 5.97 Å². The van der Waals surface area contributed by atoms with E-state index in [4.69, 9.17) is 5.11 Å². The molecule has 0 saturated carbocycles. The fraction of sp³-hybridized carbons (Fsp3) is 0.533. The number of carboxylic acids is 1. The number of aromatic nitrogens is 1. The van der Waals surface area contributed by atoms with Gasteiger partial charge in [0, 0.05) is 24.4 Å². The molecule has 0 aliphatic carbocycles. The van der Waals surface area contributed by atoms with Gasteiger partial charge in [0.05, 0.1) is 11.7 Å². The molecule has 0 fully saturated rings. The van der Waals surface area contributed by atoms with E-state index in [0.717, 1.165) is 18.5 Å². The van der Waals surface area contributed by atoms with Crippen molar-refractivity contribution in [3.8, 4) is 5.75 Å². The Hall–Kier alpha value is -1.95. The Labute approximate surface area is 124 Å². The van der Waals surface area contributed by atoms with E-state index in [0.29, 0.717) is 17.7 Å². The minimum atomic E-state index is -0.821. The molecule has 0 bridgehead atoms. The Morgan fingerprint density at radius 3 is 2.81 bits per heavy atom. The molecule has 0 saturated heterocycles. The van der Waals surface area contributed by atoms with Crippen molar-refractivity contribution in [1.82, 2.24) is 10.3 Å². The second-order valence-electron chi connectivity index (χ2n) is 5.05. The van der Waals surface area contributed by atoms with Crippen molar-refractivity contribution in [1.29, 1.82) is 0 Å². The van der Waals surface area contributed by atoms with E-state index in [2.05, 4.69) is 15.3 Å². The lowest BCUT2D eigenvalue weighted by atomic mass is 10.1. The van der Waals surface area contributed by atoms with Crippen molar-refractivity contribution in [2.75, 3.05) is 13.6 Å². The SMILES string of the molecule is CNCCC(CCC(=O)O)N=Cc1c(C)cnc(C)c1O. The van der Waals surface area contributed by atoms with Crippen molar-refractivity contribution in [2.45, 2.75) is 39.2 Å². The molecule has 1 rings (SSSR count). The van der Waals surface area contributed by atoms with Crippen molar-refractivity contribution >= 4 is 12.2 Å². The number of carbonyl (C=O) groups is 1. The van der Waals surface area contributed by atoms with Crippen LogP contribution in [-0.4, -0.2) is 47.0 Å². The lowest BCUT2D eigenvalue weighted by Gasteiger charge is -2.12. The average Bonchev–Trinajstić information content (AvgIpc) is 2.44. The zero-order valence-electron chi connectivity index (χ0n) is 12.8. The van der Waals surface area contributed by atoms with Gasteiger partial charge in [0.2, 0.25) is 0 Å². The number of rotatable bonds is 8. The topological polar surface area (TPSA) is 94.8 Å². The molecule has 0 spiro atoms. The standard InChI is InChI=1S/C15H23N3O3/c1-10-8-17-11(2)15(21)13(10)9-18-12(6-7-16-3)4-5-14(19)20/h8-9,12,16,21H,4-7H2,1-3H3,(H,19,20). The van der Waals surface area contributed by atoms with Gasteiger partial charge in [0.1, 0.15) is 5.75 Å². The van der Waals surface area contributed by atoms with Gasteiger partial charge < -0.3 is 15.5 Å². The van der Waals surface area contributed by atoms with Gasteiger partial charge in [-0.15, -0.1) is 0 Å². The second-order valence-corrected chi connectivity index (χ2v) is 5.05. The minimum absolute atomic E-state index is 0.0826. The average molecular weight is 293 g/mol. The van der Waals surface area contributed by atoms with Gasteiger partial charge in [-0.25, -0.2) is 0 Å². The third-order valence-corrected chi connectivity index (χ3v) is 3.31. The number of nitrogens with one attached hydrogen (secondary N) is 1. The van der Waals surface area contributed by atoms with E-state index in [1.165, 1.54) is 0 Å². The Kier molecular flexibility index (Phi) is 6.81. The summed E-state index contributed by atoms with van der Waals surface area (Å²) in [5, 5.41) is 21.8. The number of aryl methyl sites for hydroxylation is 2. The molecule has 21 heavy (non-hydrogen) atoms. The van der Waals surface area contributed by atoms with E-state index in [1.54, 1.807) is 19.3 Å². The predicted molar refractivity (Wildman–Crippen MR) is 82.2 cm³/mol. The van der Waals surface area contributed by atoms with Crippen molar-refractivity contribution in [2.24, 2.45) is 4.99 Å². The Morgan fingerprint density at radius 2 is 2.19 bits per heavy atom. The summed E-state index contributed by atoms with van der Waals surface area (Å²) in [5.41, 5.74) is 2.04. The van der Waals surface area contributed by atoms with E-state index < -0.39 is 5.97 Å². The highest BCUT2D eigenvalue weighted by atomic mass is 16.4. The van der Waals surface area contributed by atoms with E-state index >= 15 is 0 Å². The van der Waals surface area contributed by atoms with Crippen LogP contribution in [0.3, 0.4) is 0 Å². The Morgan fingerprint density at radius 1 is 1.48 bits per heavy atom. The monoisotopic (exact) mass is 293 g/mol. The molecule has 0 aliphatic rings. The third-order valence-electron chi connectivity index (χ3n) is 3.31. The molecule has 0 amide bonds. The number of aromatic hydroxyl groups is 1. The second kappa shape index (κ2) is 8.36. The summed E-state index contributed by atoms with van der Waals surface area (Å²) in [5.74, 6) is -0.692. The largest absolute Gasteiger partial charge is 0.505 e. The number of hydrogen-bond donors (Lipinski definition) is 3. The van der Waals surface area contributed by atoms with Crippen LogP contribution in [0.4, 0.5) is 0 Å². The maximum absolute atomic E-state index is 10.7. The lowest BCUT2D eigenvalue weighted by molar-refractivity contribution is -0.137. The number of carboxylic acid groups (broad SMARTS) is 1. The molecule has 1 aromatic rings. The fourth-order valence-electron chi connectivity index (χ4n) is 1.94. The molecule has 1 heterocycles. The third kappa shape index (κ3) is 5.51. The lowest BCUT2D eigenvalue weighted by Crippen LogP contribution is -2.17. The van der Waals surface area contributed by atoms with Crippen LogP contribution in [-0.2, 0) is 4.79 Å². The summed E-state index contributed by atoms with van der Waals surface area (Å²) in [6.45, 7) is 4.35. The van der Waals surface area contributed by atoms with Crippen LogP contribution in [0.25, 0.3) is 0 Å². The predicted octanol–water partition coefficient (Wildman–Crippen LogP) is 1.67. The van der Waals surface area contributed by atoms with E-state index in [-0.39, 0.29) is 18.2 Å². The number of aliphatic carboxylic acids is 1. The van der Waals surface area contributed by atoms with Crippen LogP contribution >= 0.6 is 0 Å². The van der Waals surface area contributed by atoms with Crippen molar-refractivity contribution in [3.63, 3.8) is 0 Å².